The minimum Gasteiger partial charge on any atom is -0.383 e. The van der Waals surface area contributed by atoms with Crippen molar-refractivity contribution in [3.63, 3.8) is 0 Å². The van der Waals surface area contributed by atoms with Crippen molar-refractivity contribution < 1.29 is 4.74 Å². The van der Waals surface area contributed by atoms with Crippen molar-refractivity contribution in [3.05, 3.63) is 0 Å². The molecule has 0 saturated carbocycles. The first-order chi connectivity index (χ1) is 9.80. The van der Waals surface area contributed by atoms with Crippen molar-refractivity contribution in [1.82, 2.24) is 15.5 Å². The molecule has 1 fully saturated rings. The summed E-state index contributed by atoms with van der Waals surface area (Å²) in [6.45, 7) is 11.4. The zero-order chi connectivity index (χ0) is 14.6. The van der Waals surface area contributed by atoms with Crippen molar-refractivity contribution in [2.75, 3.05) is 53.0 Å². The number of aliphatic imine (C=N–C) groups is 1. The Bertz CT molecular complexity index is 263. The first kappa shape index (κ1) is 17.2. The van der Waals surface area contributed by atoms with Crippen LogP contribution in [0.15, 0.2) is 4.99 Å². The topological polar surface area (TPSA) is 48.9 Å². The quantitative estimate of drug-likeness (QED) is 0.521. The summed E-state index contributed by atoms with van der Waals surface area (Å²) in [6.07, 6.45) is 3.63. The van der Waals surface area contributed by atoms with Crippen LogP contribution in [-0.2, 0) is 4.74 Å². The van der Waals surface area contributed by atoms with Gasteiger partial charge < -0.3 is 20.3 Å². The lowest BCUT2D eigenvalue weighted by atomic mass is 9.97. The second-order valence-corrected chi connectivity index (χ2v) is 5.42. The van der Waals surface area contributed by atoms with Gasteiger partial charge >= 0.3 is 0 Å². The lowest BCUT2D eigenvalue weighted by Crippen LogP contribution is -2.39. The lowest BCUT2D eigenvalue weighted by Gasteiger charge is -2.31. The maximum Gasteiger partial charge on any atom is 0.191 e. The van der Waals surface area contributed by atoms with E-state index in [1.54, 1.807) is 7.11 Å². The average Bonchev–Trinajstić information content (AvgIpc) is 2.49. The largest absolute Gasteiger partial charge is 0.383 e. The smallest absolute Gasteiger partial charge is 0.191 e. The van der Waals surface area contributed by atoms with Crippen LogP contribution < -0.4 is 10.6 Å². The Kier molecular flexibility index (Phi) is 9.41. The second kappa shape index (κ2) is 10.9. The third-order valence-electron chi connectivity index (χ3n) is 3.71. The molecule has 1 rings (SSSR count). The predicted octanol–water partition coefficient (Wildman–Crippen LogP) is 1.31. The molecule has 0 aromatic carbocycles. The summed E-state index contributed by atoms with van der Waals surface area (Å²) in [4.78, 5) is 7.20. The van der Waals surface area contributed by atoms with Gasteiger partial charge in [-0.3, -0.25) is 4.99 Å². The van der Waals surface area contributed by atoms with Gasteiger partial charge in [-0.2, -0.15) is 0 Å². The van der Waals surface area contributed by atoms with E-state index >= 15 is 0 Å². The number of likely N-dealkylation sites (tertiary alicyclic amines) is 1. The number of ether oxygens (including phenoxy) is 1. The predicted molar refractivity (Wildman–Crippen MR) is 85.3 cm³/mol. The molecule has 1 aliphatic heterocycles. The van der Waals surface area contributed by atoms with Crippen LogP contribution in [0.4, 0.5) is 0 Å². The Morgan fingerprint density at radius 3 is 2.60 bits per heavy atom. The summed E-state index contributed by atoms with van der Waals surface area (Å²) >= 11 is 0. The molecule has 1 heterocycles. The zero-order valence-corrected chi connectivity index (χ0v) is 13.5. The van der Waals surface area contributed by atoms with E-state index in [9.17, 15) is 0 Å². The Morgan fingerprint density at radius 2 is 2.00 bits per heavy atom. The first-order valence-electron chi connectivity index (χ1n) is 8.03. The molecule has 0 aromatic rings. The highest BCUT2D eigenvalue weighted by Gasteiger charge is 2.18. The molecule has 5 heteroatoms. The van der Waals surface area contributed by atoms with Crippen LogP contribution in [0.2, 0.25) is 0 Å². The maximum absolute atomic E-state index is 5.13. The molecule has 0 unspecified atom stereocenters. The zero-order valence-electron chi connectivity index (χ0n) is 13.5. The van der Waals surface area contributed by atoms with Crippen molar-refractivity contribution in [2.45, 2.75) is 33.1 Å². The number of hydrogen-bond donors (Lipinski definition) is 2. The molecule has 0 amide bonds. The fraction of sp³-hybridized carbons (Fsp3) is 0.933. The highest BCUT2D eigenvalue weighted by Crippen LogP contribution is 2.17. The van der Waals surface area contributed by atoms with Gasteiger partial charge in [-0.25, -0.2) is 0 Å². The third kappa shape index (κ3) is 7.10. The fourth-order valence-corrected chi connectivity index (χ4v) is 2.42. The van der Waals surface area contributed by atoms with E-state index < -0.39 is 0 Å². The second-order valence-electron chi connectivity index (χ2n) is 5.42. The molecule has 0 spiro atoms. The Morgan fingerprint density at radius 1 is 1.25 bits per heavy atom. The number of methoxy groups -OCH3 is 1. The third-order valence-corrected chi connectivity index (χ3v) is 3.71. The van der Waals surface area contributed by atoms with Crippen LogP contribution in [0.5, 0.6) is 0 Å². The first-order valence-corrected chi connectivity index (χ1v) is 8.03. The maximum atomic E-state index is 5.13. The monoisotopic (exact) mass is 284 g/mol. The van der Waals surface area contributed by atoms with E-state index in [0.29, 0.717) is 0 Å². The minimum atomic E-state index is 0.728. The molecule has 2 N–H and O–H groups in total. The van der Waals surface area contributed by atoms with Gasteiger partial charge in [0, 0.05) is 33.3 Å². The van der Waals surface area contributed by atoms with Crippen LogP contribution in [-0.4, -0.2) is 63.8 Å². The van der Waals surface area contributed by atoms with Crippen molar-refractivity contribution in [2.24, 2.45) is 10.9 Å². The van der Waals surface area contributed by atoms with Gasteiger partial charge in [-0.1, -0.05) is 6.92 Å². The Balaban J connectivity index is 2.26. The van der Waals surface area contributed by atoms with E-state index in [4.69, 9.17) is 9.73 Å². The molecule has 1 saturated heterocycles. The molecule has 0 aliphatic carbocycles. The minimum absolute atomic E-state index is 0.728. The molecular weight excluding hydrogens is 252 g/mol. The van der Waals surface area contributed by atoms with Crippen molar-refractivity contribution in [3.8, 4) is 0 Å². The summed E-state index contributed by atoms with van der Waals surface area (Å²) in [5.41, 5.74) is 0. The van der Waals surface area contributed by atoms with Crippen molar-refractivity contribution >= 4 is 5.96 Å². The van der Waals surface area contributed by atoms with Crippen LogP contribution in [0.3, 0.4) is 0 Å². The summed E-state index contributed by atoms with van der Waals surface area (Å²) in [5, 5.41) is 6.66. The van der Waals surface area contributed by atoms with Gasteiger partial charge in [0.25, 0.3) is 0 Å². The van der Waals surface area contributed by atoms with Gasteiger partial charge in [0.15, 0.2) is 5.96 Å². The summed E-state index contributed by atoms with van der Waals surface area (Å²) in [5.74, 6) is 1.70. The van der Waals surface area contributed by atoms with Crippen LogP contribution in [0.25, 0.3) is 0 Å². The molecule has 20 heavy (non-hydrogen) atoms. The number of guanidine groups is 1. The van der Waals surface area contributed by atoms with Crippen LogP contribution >= 0.6 is 0 Å². The SMILES string of the molecule is CCCNC(=NCC1CCN(CCOC)CC1)NCC. The van der Waals surface area contributed by atoms with Crippen molar-refractivity contribution in [1.29, 1.82) is 0 Å². The number of piperidine rings is 1. The summed E-state index contributed by atoms with van der Waals surface area (Å²) in [6, 6.07) is 0. The van der Waals surface area contributed by atoms with E-state index in [1.165, 1.54) is 25.9 Å². The molecule has 0 bridgehead atoms. The van der Waals surface area contributed by atoms with E-state index in [1.807, 2.05) is 0 Å². The highest BCUT2D eigenvalue weighted by atomic mass is 16.5. The molecular formula is C15H32N4O. The lowest BCUT2D eigenvalue weighted by molar-refractivity contribution is 0.121. The number of rotatable bonds is 8. The van der Waals surface area contributed by atoms with E-state index in [-0.39, 0.29) is 0 Å². The van der Waals surface area contributed by atoms with Gasteiger partial charge in [0.1, 0.15) is 0 Å². The fourth-order valence-electron chi connectivity index (χ4n) is 2.42. The average molecular weight is 284 g/mol. The number of hydrogen-bond acceptors (Lipinski definition) is 3. The molecule has 118 valence electrons. The molecule has 0 atom stereocenters. The summed E-state index contributed by atoms with van der Waals surface area (Å²) < 4.78 is 5.13. The van der Waals surface area contributed by atoms with Gasteiger partial charge in [0.05, 0.1) is 6.61 Å². The normalized spacial score (nSPS) is 18.2. The van der Waals surface area contributed by atoms with E-state index in [2.05, 4.69) is 29.4 Å². The molecule has 5 nitrogen and oxygen atoms in total. The van der Waals surface area contributed by atoms with E-state index in [0.717, 1.165) is 51.1 Å². The number of nitrogens with zero attached hydrogens (tertiary/aromatic N) is 2. The Labute approximate surface area is 124 Å². The van der Waals surface area contributed by atoms with Gasteiger partial charge in [0.2, 0.25) is 0 Å². The molecule has 1 aliphatic rings. The molecule has 0 radical (unpaired) electrons. The van der Waals surface area contributed by atoms with Gasteiger partial charge in [-0.15, -0.1) is 0 Å². The standard InChI is InChI=1S/C15H32N4O/c1-4-8-17-15(16-5-2)18-13-14-6-9-19(10-7-14)11-12-20-3/h14H,4-13H2,1-3H3,(H2,16,17,18). The number of nitrogens with one attached hydrogen (secondary N) is 2. The van der Waals surface area contributed by atoms with Crippen LogP contribution in [0, 0.1) is 5.92 Å². The molecule has 0 aromatic heterocycles. The highest BCUT2D eigenvalue weighted by molar-refractivity contribution is 5.79. The summed E-state index contributed by atoms with van der Waals surface area (Å²) in [7, 11) is 1.77. The Hall–Kier alpha value is -0.810. The van der Waals surface area contributed by atoms with Gasteiger partial charge in [-0.05, 0) is 45.2 Å². The van der Waals surface area contributed by atoms with Crippen LogP contribution in [0.1, 0.15) is 33.1 Å².